The van der Waals surface area contributed by atoms with Crippen molar-refractivity contribution in [3.8, 4) is 5.75 Å². The Hall–Kier alpha value is -1.22. The minimum Gasteiger partial charge on any atom is -0.496 e. The molecule has 0 saturated carbocycles. The first kappa shape index (κ1) is 12.8. The minimum absolute atomic E-state index is 0.471. The summed E-state index contributed by atoms with van der Waals surface area (Å²) >= 11 is 5.88. The quantitative estimate of drug-likeness (QED) is 0.649. The number of nitrogens with zero attached hydrogens (tertiary/aromatic N) is 1. The van der Waals surface area contributed by atoms with Crippen LogP contribution in [0.4, 0.5) is 0 Å². The van der Waals surface area contributed by atoms with E-state index in [0.29, 0.717) is 16.6 Å². The Morgan fingerprint density at radius 1 is 1.38 bits per heavy atom. The molecule has 0 heterocycles. The molecule has 0 atom stereocenters. The van der Waals surface area contributed by atoms with Crippen LogP contribution in [0.3, 0.4) is 0 Å². The summed E-state index contributed by atoms with van der Waals surface area (Å²) in [7, 11) is 1.59. The van der Waals surface area contributed by atoms with Crippen LogP contribution in [0.25, 0.3) is 0 Å². The zero-order valence-electron chi connectivity index (χ0n) is 9.88. The summed E-state index contributed by atoms with van der Waals surface area (Å²) in [5, 5.41) is 8.72. The smallest absolute Gasteiger partial charge is 0.131 e. The van der Waals surface area contributed by atoms with Crippen LogP contribution in [-0.2, 0) is 0 Å². The standard InChI is InChI=1S/C12H17ClN2O/c1-4-15(5-2)12(14)10-7-6-9(13)8-11(10)16-3/h6-8,14H,4-5H2,1-3H3. The van der Waals surface area contributed by atoms with Gasteiger partial charge in [0.2, 0.25) is 0 Å². The van der Waals surface area contributed by atoms with E-state index in [2.05, 4.69) is 0 Å². The molecule has 1 N–H and O–H groups in total. The van der Waals surface area contributed by atoms with Crippen LogP contribution in [0.5, 0.6) is 5.75 Å². The van der Waals surface area contributed by atoms with Gasteiger partial charge < -0.3 is 9.64 Å². The fraction of sp³-hybridized carbons (Fsp3) is 0.417. The maximum atomic E-state index is 8.10. The van der Waals surface area contributed by atoms with Crippen LogP contribution < -0.4 is 4.74 Å². The first-order chi connectivity index (χ1) is 7.63. The molecule has 0 aliphatic rings. The molecule has 0 fully saturated rings. The van der Waals surface area contributed by atoms with E-state index in [1.54, 1.807) is 19.2 Å². The van der Waals surface area contributed by atoms with Crippen molar-refractivity contribution in [2.45, 2.75) is 13.8 Å². The summed E-state index contributed by atoms with van der Waals surface area (Å²) in [6.45, 7) is 5.67. The average Bonchev–Trinajstić information content (AvgIpc) is 2.30. The summed E-state index contributed by atoms with van der Waals surface area (Å²) in [6.07, 6.45) is 0. The van der Waals surface area contributed by atoms with Crippen molar-refractivity contribution in [3.63, 3.8) is 0 Å². The number of hydrogen-bond acceptors (Lipinski definition) is 2. The molecule has 0 aliphatic heterocycles. The summed E-state index contributed by atoms with van der Waals surface area (Å²) in [6, 6.07) is 5.33. The SMILES string of the molecule is CCN(CC)C(=N)c1ccc(Cl)cc1OC. The topological polar surface area (TPSA) is 36.3 Å². The fourth-order valence-corrected chi connectivity index (χ4v) is 1.73. The van der Waals surface area contributed by atoms with E-state index >= 15 is 0 Å². The lowest BCUT2D eigenvalue weighted by Crippen LogP contribution is -2.30. The van der Waals surface area contributed by atoms with Crippen molar-refractivity contribution < 1.29 is 4.74 Å². The first-order valence-electron chi connectivity index (χ1n) is 5.31. The molecule has 0 radical (unpaired) electrons. The largest absolute Gasteiger partial charge is 0.496 e. The van der Waals surface area contributed by atoms with Gasteiger partial charge in [0, 0.05) is 18.1 Å². The molecule has 16 heavy (non-hydrogen) atoms. The Morgan fingerprint density at radius 2 is 2.00 bits per heavy atom. The van der Waals surface area contributed by atoms with E-state index in [9.17, 15) is 0 Å². The lowest BCUT2D eigenvalue weighted by Gasteiger charge is -2.22. The molecule has 4 heteroatoms. The molecule has 0 saturated heterocycles. The first-order valence-corrected chi connectivity index (χ1v) is 5.69. The number of halogens is 1. The van der Waals surface area contributed by atoms with Gasteiger partial charge in [-0.15, -0.1) is 0 Å². The van der Waals surface area contributed by atoms with Gasteiger partial charge in [-0.3, -0.25) is 5.41 Å². The number of methoxy groups -OCH3 is 1. The second kappa shape index (κ2) is 5.75. The van der Waals surface area contributed by atoms with Crippen LogP contribution in [0.2, 0.25) is 5.02 Å². The second-order valence-electron chi connectivity index (χ2n) is 3.37. The molecule has 0 spiro atoms. The molecule has 3 nitrogen and oxygen atoms in total. The normalized spacial score (nSPS) is 10.0. The minimum atomic E-state index is 0.471. The highest BCUT2D eigenvalue weighted by Crippen LogP contribution is 2.24. The number of rotatable bonds is 4. The Balaban J connectivity index is 3.07. The second-order valence-corrected chi connectivity index (χ2v) is 3.80. The highest BCUT2D eigenvalue weighted by molar-refractivity contribution is 6.30. The number of hydrogen-bond donors (Lipinski definition) is 1. The highest BCUT2D eigenvalue weighted by atomic mass is 35.5. The van der Waals surface area contributed by atoms with Crippen LogP contribution in [0.1, 0.15) is 19.4 Å². The summed E-state index contributed by atoms with van der Waals surface area (Å²) in [4.78, 5) is 1.96. The van der Waals surface area contributed by atoms with Gasteiger partial charge in [-0.2, -0.15) is 0 Å². The van der Waals surface area contributed by atoms with Crippen molar-refractivity contribution in [3.05, 3.63) is 28.8 Å². The van der Waals surface area contributed by atoms with E-state index in [1.807, 2.05) is 24.8 Å². The number of amidine groups is 1. The molecule has 88 valence electrons. The van der Waals surface area contributed by atoms with E-state index < -0.39 is 0 Å². The number of benzene rings is 1. The van der Waals surface area contributed by atoms with Crippen molar-refractivity contribution >= 4 is 17.4 Å². The third-order valence-electron chi connectivity index (χ3n) is 2.50. The zero-order valence-corrected chi connectivity index (χ0v) is 10.6. The highest BCUT2D eigenvalue weighted by Gasteiger charge is 2.13. The molecule has 0 bridgehead atoms. The van der Waals surface area contributed by atoms with Crippen molar-refractivity contribution in [1.82, 2.24) is 4.90 Å². The maximum Gasteiger partial charge on any atom is 0.131 e. The Morgan fingerprint density at radius 3 is 2.50 bits per heavy atom. The van der Waals surface area contributed by atoms with E-state index in [1.165, 1.54) is 0 Å². The zero-order chi connectivity index (χ0) is 12.1. The summed E-state index contributed by atoms with van der Waals surface area (Å²) < 4.78 is 5.23. The molecule has 1 aromatic rings. The van der Waals surface area contributed by atoms with Crippen LogP contribution >= 0.6 is 11.6 Å². The van der Waals surface area contributed by atoms with Gasteiger partial charge >= 0.3 is 0 Å². The Bertz CT molecular complexity index is 375. The molecule has 0 aliphatic carbocycles. The van der Waals surface area contributed by atoms with Gasteiger partial charge in [-0.25, -0.2) is 0 Å². The predicted octanol–water partition coefficient (Wildman–Crippen LogP) is 3.02. The number of ether oxygens (including phenoxy) is 1. The van der Waals surface area contributed by atoms with Gasteiger partial charge in [0.15, 0.2) is 0 Å². The van der Waals surface area contributed by atoms with Crippen molar-refractivity contribution in [1.29, 1.82) is 5.41 Å². The van der Waals surface area contributed by atoms with Crippen molar-refractivity contribution in [2.24, 2.45) is 0 Å². The fourth-order valence-electron chi connectivity index (χ4n) is 1.57. The monoisotopic (exact) mass is 240 g/mol. The van der Waals surface area contributed by atoms with Crippen molar-refractivity contribution in [2.75, 3.05) is 20.2 Å². The van der Waals surface area contributed by atoms with Gasteiger partial charge in [0.25, 0.3) is 0 Å². The van der Waals surface area contributed by atoms with Gasteiger partial charge in [0.1, 0.15) is 11.6 Å². The van der Waals surface area contributed by atoms with E-state index in [-0.39, 0.29) is 0 Å². The van der Waals surface area contributed by atoms with Crippen LogP contribution in [0.15, 0.2) is 18.2 Å². The van der Waals surface area contributed by atoms with Gasteiger partial charge in [-0.1, -0.05) is 11.6 Å². The third-order valence-corrected chi connectivity index (χ3v) is 2.73. The van der Waals surface area contributed by atoms with E-state index in [4.69, 9.17) is 21.7 Å². The number of nitrogens with one attached hydrogen (secondary N) is 1. The molecule has 0 amide bonds. The summed E-state index contributed by atoms with van der Waals surface area (Å²) in [5.74, 6) is 1.11. The molecular formula is C12H17ClN2O. The Labute approximate surface area is 101 Å². The molecule has 1 aromatic carbocycles. The van der Waals surface area contributed by atoms with Crippen LogP contribution in [0, 0.1) is 5.41 Å². The van der Waals surface area contributed by atoms with Gasteiger partial charge in [0.05, 0.1) is 12.7 Å². The molecule has 0 unspecified atom stereocenters. The average molecular weight is 241 g/mol. The third kappa shape index (κ3) is 2.67. The Kier molecular flexibility index (Phi) is 4.62. The van der Waals surface area contributed by atoms with E-state index in [0.717, 1.165) is 18.7 Å². The van der Waals surface area contributed by atoms with Crippen LogP contribution in [-0.4, -0.2) is 30.9 Å². The predicted molar refractivity (Wildman–Crippen MR) is 67.8 cm³/mol. The van der Waals surface area contributed by atoms with Gasteiger partial charge in [-0.05, 0) is 32.0 Å². The molecular weight excluding hydrogens is 224 g/mol. The molecule has 0 aromatic heterocycles. The lowest BCUT2D eigenvalue weighted by molar-refractivity contribution is 0.409. The maximum absolute atomic E-state index is 8.10. The lowest BCUT2D eigenvalue weighted by atomic mass is 10.1. The molecule has 1 rings (SSSR count). The summed E-state index contributed by atoms with van der Waals surface area (Å²) in [5.41, 5.74) is 0.774.